The molecule has 0 amide bonds. The van der Waals surface area contributed by atoms with Crippen molar-refractivity contribution >= 4 is 11.8 Å². The molecule has 0 spiro atoms. The van der Waals surface area contributed by atoms with Gasteiger partial charge in [0.15, 0.2) is 11.3 Å². The summed E-state index contributed by atoms with van der Waals surface area (Å²) in [7, 11) is 0. The van der Waals surface area contributed by atoms with Crippen LogP contribution in [0.15, 0.2) is 9.95 Å². The van der Waals surface area contributed by atoms with Crippen LogP contribution in [0.5, 0.6) is 0 Å². The minimum atomic E-state index is -4.65. The Hall–Kier alpha value is -0.960. The van der Waals surface area contributed by atoms with Crippen molar-refractivity contribution in [1.29, 1.82) is 0 Å². The van der Waals surface area contributed by atoms with Crippen LogP contribution in [0.25, 0.3) is 0 Å². The largest absolute Gasteiger partial charge is 0.415 e. The van der Waals surface area contributed by atoms with Crippen LogP contribution in [0.3, 0.4) is 0 Å². The first-order chi connectivity index (χ1) is 7.86. The second-order valence-corrected chi connectivity index (χ2v) is 4.32. The van der Waals surface area contributed by atoms with Gasteiger partial charge in [-0.3, -0.25) is 4.57 Å². The molecule has 1 aromatic rings. The van der Waals surface area contributed by atoms with Gasteiger partial charge in [0.2, 0.25) is 0 Å². The summed E-state index contributed by atoms with van der Waals surface area (Å²) in [5.41, 5.74) is -0.462. The Labute approximate surface area is 99.0 Å². The van der Waals surface area contributed by atoms with E-state index in [1.165, 1.54) is 4.57 Å². The Kier molecular flexibility index (Phi) is 4.63. The van der Waals surface area contributed by atoms with Crippen molar-refractivity contribution in [3.05, 3.63) is 10.5 Å². The number of aromatic amines is 1. The number of rotatable bonds is 5. The molecule has 1 heterocycles. The summed E-state index contributed by atoms with van der Waals surface area (Å²) in [6.45, 7) is 2.21. The van der Waals surface area contributed by atoms with E-state index in [1.807, 2.05) is 6.92 Å². The molecule has 0 aliphatic carbocycles. The Morgan fingerprint density at radius 2 is 2.24 bits per heavy atom. The molecule has 9 heteroatoms. The summed E-state index contributed by atoms with van der Waals surface area (Å²) in [5.74, 6) is -0.586. The van der Waals surface area contributed by atoms with Crippen molar-refractivity contribution in [2.24, 2.45) is 0 Å². The highest BCUT2D eigenvalue weighted by Gasteiger charge is 2.38. The van der Waals surface area contributed by atoms with Crippen molar-refractivity contribution in [2.75, 3.05) is 5.75 Å². The van der Waals surface area contributed by atoms with E-state index >= 15 is 0 Å². The van der Waals surface area contributed by atoms with Gasteiger partial charge >= 0.3 is 11.9 Å². The molecule has 0 saturated carbocycles. The number of aromatic nitrogens is 3. The summed E-state index contributed by atoms with van der Waals surface area (Å²) >= 11 is 0.693. The molecule has 1 unspecified atom stereocenters. The Morgan fingerprint density at radius 1 is 1.59 bits per heavy atom. The van der Waals surface area contributed by atoms with Crippen molar-refractivity contribution < 1.29 is 18.3 Å². The van der Waals surface area contributed by atoms with Gasteiger partial charge in [-0.15, -0.1) is 5.10 Å². The first-order valence-corrected chi connectivity index (χ1v) is 5.87. The zero-order valence-electron chi connectivity index (χ0n) is 8.99. The first-order valence-electron chi connectivity index (χ1n) is 4.89. The van der Waals surface area contributed by atoms with Gasteiger partial charge in [-0.25, -0.2) is 9.89 Å². The molecule has 2 N–H and O–H groups in total. The van der Waals surface area contributed by atoms with Crippen LogP contribution in [0.4, 0.5) is 13.2 Å². The van der Waals surface area contributed by atoms with Gasteiger partial charge in [-0.1, -0.05) is 18.7 Å². The number of hydrogen-bond acceptors (Lipinski definition) is 4. The molecule has 0 fully saturated rings. The number of hydrogen-bond donors (Lipinski definition) is 2. The third-order valence-corrected chi connectivity index (χ3v) is 2.97. The number of aliphatic hydroxyl groups is 1. The fraction of sp³-hybridized carbons (Fsp3) is 0.750. The summed E-state index contributed by atoms with van der Waals surface area (Å²) in [6, 6.07) is 0. The Balaban J connectivity index is 2.67. The molecule has 17 heavy (non-hydrogen) atoms. The van der Waals surface area contributed by atoms with Gasteiger partial charge < -0.3 is 5.11 Å². The molecule has 0 bridgehead atoms. The van der Waals surface area contributed by atoms with Gasteiger partial charge in [0.25, 0.3) is 0 Å². The normalized spacial score (nSPS) is 13.9. The maximum atomic E-state index is 12.0. The van der Waals surface area contributed by atoms with Crippen LogP contribution in [0.2, 0.25) is 0 Å². The number of nitrogens with one attached hydrogen (secondary N) is 1. The standard InChI is InChI=1S/C8H12F3N3O2S/c1-2-3-14-6(16)12-13-7(14)17-4-5(15)8(9,10)11/h5,15H,2-4H2,1H3,(H,12,16). The number of thioether (sulfide) groups is 1. The molecule has 0 aliphatic rings. The van der Waals surface area contributed by atoms with Crippen LogP contribution >= 0.6 is 11.8 Å². The number of nitrogens with zero attached hydrogens (tertiary/aromatic N) is 2. The predicted molar refractivity (Wildman–Crippen MR) is 55.9 cm³/mol. The van der Waals surface area contributed by atoms with E-state index in [9.17, 15) is 18.0 Å². The highest BCUT2D eigenvalue weighted by atomic mass is 32.2. The highest BCUT2D eigenvalue weighted by molar-refractivity contribution is 7.99. The molecule has 1 aromatic heterocycles. The van der Waals surface area contributed by atoms with E-state index in [1.54, 1.807) is 0 Å². The average molecular weight is 271 g/mol. The SMILES string of the molecule is CCCn1c(SCC(O)C(F)(F)F)n[nH]c1=O. The predicted octanol–water partition coefficient (Wildman–Crippen LogP) is 0.997. The lowest BCUT2D eigenvalue weighted by atomic mass is 10.4. The van der Waals surface area contributed by atoms with Crippen LogP contribution in [0.1, 0.15) is 13.3 Å². The number of H-pyrrole nitrogens is 1. The first kappa shape index (κ1) is 14.1. The van der Waals surface area contributed by atoms with Crippen LogP contribution in [0, 0.1) is 0 Å². The van der Waals surface area contributed by atoms with E-state index in [4.69, 9.17) is 5.11 Å². The molecule has 0 aliphatic heterocycles. The lowest BCUT2D eigenvalue weighted by Crippen LogP contribution is -2.30. The topological polar surface area (TPSA) is 70.9 Å². The monoisotopic (exact) mass is 271 g/mol. The van der Waals surface area contributed by atoms with Crippen molar-refractivity contribution in [2.45, 2.75) is 37.3 Å². The number of aliphatic hydroxyl groups excluding tert-OH is 1. The molecular weight excluding hydrogens is 259 g/mol. The highest BCUT2D eigenvalue weighted by Crippen LogP contribution is 2.25. The zero-order chi connectivity index (χ0) is 13.1. The van der Waals surface area contributed by atoms with Gasteiger partial charge in [-0.05, 0) is 6.42 Å². The zero-order valence-corrected chi connectivity index (χ0v) is 9.81. The molecule has 1 atom stereocenters. The Morgan fingerprint density at radius 3 is 2.76 bits per heavy atom. The summed E-state index contributed by atoms with van der Waals surface area (Å²) < 4.78 is 37.4. The summed E-state index contributed by atoms with van der Waals surface area (Å²) in [5, 5.41) is 14.7. The third-order valence-electron chi connectivity index (χ3n) is 1.92. The smallest absolute Gasteiger partial charge is 0.383 e. The van der Waals surface area contributed by atoms with Crippen molar-refractivity contribution in [3.63, 3.8) is 0 Å². The molecule has 5 nitrogen and oxygen atoms in total. The maximum absolute atomic E-state index is 12.0. The molecule has 1 rings (SSSR count). The lowest BCUT2D eigenvalue weighted by molar-refractivity contribution is -0.195. The van der Waals surface area contributed by atoms with E-state index < -0.39 is 23.7 Å². The second kappa shape index (κ2) is 5.58. The fourth-order valence-electron chi connectivity index (χ4n) is 1.08. The van der Waals surface area contributed by atoms with E-state index in [-0.39, 0.29) is 5.16 Å². The van der Waals surface area contributed by atoms with Crippen molar-refractivity contribution in [1.82, 2.24) is 14.8 Å². The maximum Gasteiger partial charge on any atom is 0.415 e. The second-order valence-electron chi connectivity index (χ2n) is 3.33. The molecule has 0 radical (unpaired) electrons. The molecule has 98 valence electrons. The minimum Gasteiger partial charge on any atom is -0.383 e. The fourth-order valence-corrected chi connectivity index (χ4v) is 2.02. The van der Waals surface area contributed by atoms with E-state index in [0.29, 0.717) is 24.7 Å². The lowest BCUT2D eigenvalue weighted by Gasteiger charge is -2.13. The minimum absolute atomic E-state index is 0.153. The van der Waals surface area contributed by atoms with Gasteiger partial charge in [-0.2, -0.15) is 13.2 Å². The van der Waals surface area contributed by atoms with Crippen LogP contribution in [-0.4, -0.2) is 37.9 Å². The number of alkyl halides is 3. The average Bonchev–Trinajstić information content (AvgIpc) is 2.56. The van der Waals surface area contributed by atoms with E-state index in [0.717, 1.165) is 0 Å². The van der Waals surface area contributed by atoms with Crippen LogP contribution < -0.4 is 5.69 Å². The molecular formula is C8H12F3N3O2S. The van der Waals surface area contributed by atoms with Gasteiger partial charge in [0, 0.05) is 12.3 Å². The van der Waals surface area contributed by atoms with E-state index in [2.05, 4.69) is 10.2 Å². The van der Waals surface area contributed by atoms with Crippen molar-refractivity contribution in [3.8, 4) is 0 Å². The summed E-state index contributed by atoms with van der Waals surface area (Å²) in [6.07, 6.45) is -6.41. The molecule has 0 saturated heterocycles. The number of halogens is 3. The Bertz CT molecular complexity index is 415. The van der Waals surface area contributed by atoms with Gasteiger partial charge in [0.1, 0.15) is 0 Å². The summed E-state index contributed by atoms with van der Waals surface area (Å²) in [4.78, 5) is 11.2. The van der Waals surface area contributed by atoms with Crippen LogP contribution in [-0.2, 0) is 6.54 Å². The molecule has 0 aromatic carbocycles. The third kappa shape index (κ3) is 3.77. The quantitative estimate of drug-likeness (QED) is 0.784. The van der Waals surface area contributed by atoms with Gasteiger partial charge in [0.05, 0.1) is 0 Å².